The van der Waals surface area contributed by atoms with Crippen molar-refractivity contribution in [1.29, 1.82) is 0 Å². The molecule has 0 aliphatic heterocycles. The third-order valence-electron chi connectivity index (χ3n) is 5.12. The van der Waals surface area contributed by atoms with Crippen molar-refractivity contribution in [3.05, 3.63) is 54.1 Å². The molecule has 2 aromatic carbocycles. The van der Waals surface area contributed by atoms with Gasteiger partial charge < -0.3 is 19.7 Å². The van der Waals surface area contributed by atoms with Crippen molar-refractivity contribution < 1.29 is 27.5 Å². The van der Waals surface area contributed by atoms with Crippen LogP contribution in [-0.4, -0.2) is 64.2 Å². The van der Waals surface area contributed by atoms with Gasteiger partial charge in [-0.1, -0.05) is 24.3 Å². The summed E-state index contributed by atoms with van der Waals surface area (Å²) in [5, 5.41) is 2.81. The number of anilines is 1. The van der Waals surface area contributed by atoms with Crippen molar-refractivity contribution in [2.45, 2.75) is 39.4 Å². The zero-order chi connectivity index (χ0) is 25.5. The van der Waals surface area contributed by atoms with E-state index in [0.717, 1.165) is 16.1 Å². The van der Waals surface area contributed by atoms with Crippen LogP contribution in [0, 0.1) is 0 Å². The highest BCUT2D eigenvalue weighted by Gasteiger charge is 2.31. The summed E-state index contributed by atoms with van der Waals surface area (Å²) < 4.78 is 36.9. The van der Waals surface area contributed by atoms with E-state index in [1.807, 2.05) is 19.9 Å². The highest BCUT2D eigenvalue weighted by Crippen LogP contribution is 2.29. The summed E-state index contributed by atoms with van der Waals surface area (Å²) in [7, 11) is -0.878. The van der Waals surface area contributed by atoms with Gasteiger partial charge in [-0.05, 0) is 50.6 Å². The normalized spacial score (nSPS) is 12.1. The number of para-hydroxylation sites is 2. The Morgan fingerprint density at radius 3 is 2.26 bits per heavy atom. The number of ether oxygens (including phenoxy) is 2. The lowest BCUT2D eigenvalue weighted by Crippen LogP contribution is -2.52. The number of hydrogen-bond donors (Lipinski definition) is 1. The Hall–Kier alpha value is -3.27. The third kappa shape index (κ3) is 7.11. The number of amides is 2. The van der Waals surface area contributed by atoms with E-state index in [1.165, 1.54) is 19.1 Å². The molecule has 0 aliphatic rings. The molecule has 0 radical (unpaired) electrons. The molecule has 2 amide bonds. The first-order chi connectivity index (χ1) is 16.0. The fraction of sp³-hybridized carbons (Fsp3) is 0.417. The third-order valence-corrected chi connectivity index (χ3v) is 6.24. The Bertz CT molecular complexity index is 1100. The molecule has 0 heterocycles. The van der Waals surface area contributed by atoms with Gasteiger partial charge in [0.1, 0.15) is 24.1 Å². The highest BCUT2D eigenvalue weighted by molar-refractivity contribution is 7.92. The summed E-state index contributed by atoms with van der Waals surface area (Å²) in [5.41, 5.74) is 0.974. The van der Waals surface area contributed by atoms with E-state index in [-0.39, 0.29) is 24.2 Å². The molecule has 1 unspecified atom stereocenters. The number of nitrogens with zero attached hydrogens (tertiary/aromatic N) is 2. The first-order valence-electron chi connectivity index (χ1n) is 10.8. The fourth-order valence-electron chi connectivity index (χ4n) is 3.39. The Kier molecular flexibility index (Phi) is 9.31. The molecule has 9 nitrogen and oxygen atoms in total. The van der Waals surface area contributed by atoms with Crippen LogP contribution in [0.1, 0.15) is 26.3 Å². The van der Waals surface area contributed by atoms with E-state index >= 15 is 0 Å². The molecule has 1 atom stereocenters. The number of nitrogens with one attached hydrogen (secondary N) is 1. The summed E-state index contributed by atoms with van der Waals surface area (Å²) in [6.45, 7) is 4.86. The number of rotatable bonds is 11. The first kappa shape index (κ1) is 27.0. The SMILES string of the molecule is COc1cccc(CN(C(=O)CN(c2ccccc2OC)S(C)(=O)=O)C(C)C(=O)NC(C)C)c1. The lowest BCUT2D eigenvalue weighted by Gasteiger charge is -2.32. The number of methoxy groups -OCH3 is 2. The van der Waals surface area contributed by atoms with E-state index in [1.54, 1.807) is 49.4 Å². The Morgan fingerprint density at radius 1 is 1.00 bits per heavy atom. The lowest BCUT2D eigenvalue weighted by atomic mass is 10.1. The summed E-state index contributed by atoms with van der Waals surface area (Å²) >= 11 is 0. The maximum absolute atomic E-state index is 13.5. The second-order valence-electron chi connectivity index (χ2n) is 8.15. The van der Waals surface area contributed by atoms with E-state index < -0.39 is 28.5 Å². The van der Waals surface area contributed by atoms with Crippen molar-refractivity contribution in [3.63, 3.8) is 0 Å². The van der Waals surface area contributed by atoms with Gasteiger partial charge in [-0.25, -0.2) is 8.42 Å². The van der Waals surface area contributed by atoms with Crippen molar-refractivity contribution >= 4 is 27.5 Å². The van der Waals surface area contributed by atoms with Crippen LogP contribution >= 0.6 is 0 Å². The molecule has 0 aromatic heterocycles. The summed E-state index contributed by atoms with van der Waals surface area (Å²) in [6.07, 6.45) is 1.02. The maximum Gasteiger partial charge on any atom is 0.244 e. The number of benzene rings is 2. The monoisotopic (exact) mass is 491 g/mol. The van der Waals surface area contributed by atoms with Crippen molar-refractivity contribution in [2.75, 3.05) is 31.3 Å². The molecular weight excluding hydrogens is 458 g/mol. The Labute approximate surface area is 201 Å². The molecule has 1 N–H and O–H groups in total. The van der Waals surface area contributed by atoms with Gasteiger partial charge in [0.25, 0.3) is 0 Å². The van der Waals surface area contributed by atoms with Crippen molar-refractivity contribution in [3.8, 4) is 11.5 Å². The first-order valence-corrected chi connectivity index (χ1v) is 12.7. The number of carbonyl (C=O) groups excluding carboxylic acids is 2. The van der Waals surface area contributed by atoms with Gasteiger partial charge in [0.2, 0.25) is 21.8 Å². The zero-order valence-corrected chi connectivity index (χ0v) is 21.3. The predicted molar refractivity (Wildman–Crippen MR) is 131 cm³/mol. The van der Waals surface area contributed by atoms with E-state index in [4.69, 9.17) is 9.47 Å². The van der Waals surface area contributed by atoms with Gasteiger partial charge in [-0.2, -0.15) is 0 Å². The quantitative estimate of drug-likeness (QED) is 0.518. The molecule has 0 aliphatic carbocycles. The second-order valence-corrected chi connectivity index (χ2v) is 10.1. The molecule has 0 spiro atoms. The molecule has 0 saturated carbocycles. The van der Waals surface area contributed by atoms with E-state index in [2.05, 4.69) is 5.32 Å². The average Bonchev–Trinajstić information content (AvgIpc) is 2.79. The number of hydrogen-bond acceptors (Lipinski definition) is 6. The summed E-state index contributed by atoms with van der Waals surface area (Å²) in [5.74, 6) is 0.0432. The fourth-order valence-corrected chi connectivity index (χ4v) is 4.24. The van der Waals surface area contributed by atoms with Crippen LogP contribution in [0.5, 0.6) is 11.5 Å². The minimum atomic E-state index is -3.84. The largest absolute Gasteiger partial charge is 0.497 e. The molecule has 2 aromatic rings. The van der Waals surface area contributed by atoms with Gasteiger partial charge in [0.05, 0.1) is 26.2 Å². The number of sulfonamides is 1. The molecule has 10 heteroatoms. The van der Waals surface area contributed by atoms with Crippen LogP contribution in [0.2, 0.25) is 0 Å². The van der Waals surface area contributed by atoms with Gasteiger partial charge in [0, 0.05) is 12.6 Å². The zero-order valence-electron chi connectivity index (χ0n) is 20.4. The van der Waals surface area contributed by atoms with Crippen LogP contribution in [0.25, 0.3) is 0 Å². The highest BCUT2D eigenvalue weighted by atomic mass is 32.2. The van der Waals surface area contributed by atoms with Gasteiger partial charge in [0.15, 0.2) is 0 Å². The minimum absolute atomic E-state index is 0.0895. The van der Waals surface area contributed by atoms with E-state index in [0.29, 0.717) is 11.5 Å². The Morgan fingerprint density at radius 2 is 1.68 bits per heavy atom. The lowest BCUT2D eigenvalue weighted by molar-refractivity contribution is -0.139. The molecular formula is C24H33N3O6S. The van der Waals surface area contributed by atoms with Crippen molar-refractivity contribution in [2.24, 2.45) is 0 Å². The standard InChI is InChI=1S/C24H33N3O6S/c1-17(2)25-24(29)18(3)26(15-19-10-9-11-20(14-19)32-4)23(28)16-27(34(6,30)31)21-12-7-8-13-22(21)33-5/h7-14,17-18H,15-16H2,1-6H3,(H,25,29). The van der Waals surface area contributed by atoms with Crippen LogP contribution in [0.3, 0.4) is 0 Å². The van der Waals surface area contributed by atoms with Gasteiger partial charge >= 0.3 is 0 Å². The molecule has 2 rings (SSSR count). The second kappa shape index (κ2) is 11.7. The molecule has 0 bridgehead atoms. The number of carbonyl (C=O) groups is 2. The Balaban J connectivity index is 2.44. The molecule has 0 saturated heterocycles. The maximum atomic E-state index is 13.5. The smallest absolute Gasteiger partial charge is 0.244 e. The minimum Gasteiger partial charge on any atom is -0.497 e. The molecule has 186 valence electrons. The summed E-state index contributed by atoms with van der Waals surface area (Å²) in [6, 6.07) is 12.7. The topological polar surface area (TPSA) is 105 Å². The molecule has 34 heavy (non-hydrogen) atoms. The van der Waals surface area contributed by atoms with Gasteiger partial charge in [-0.3, -0.25) is 13.9 Å². The van der Waals surface area contributed by atoms with Crippen LogP contribution in [-0.2, 0) is 26.2 Å². The van der Waals surface area contributed by atoms with Crippen LogP contribution < -0.4 is 19.1 Å². The average molecular weight is 492 g/mol. The van der Waals surface area contributed by atoms with E-state index in [9.17, 15) is 18.0 Å². The molecule has 0 fully saturated rings. The predicted octanol–water partition coefficient (Wildman–Crippen LogP) is 2.41. The van der Waals surface area contributed by atoms with Crippen LogP contribution in [0.15, 0.2) is 48.5 Å². The van der Waals surface area contributed by atoms with Crippen molar-refractivity contribution in [1.82, 2.24) is 10.2 Å². The van der Waals surface area contributed by atoms with Gasteiger partial charge in [-0.15, -0.1) is 0 Å². The van der Waals surface area contributed by atoms with Crippen LogP contribution in [0.4, 0.5) is 5.69 Å². The summed E-state index contributed by atoms with van der Waals surface area (Å²) in [4.78, 5) is 27.7.